The fourth-order valence-corrected chi connectivity index (χ4v) is 3.55. The van der Waals surface area contributed by atoms with E-state index < -0.39 is 10.0 Å². The molecule has 20 heavy (non-hydrogen) atoms. The Morgan fingerprint density at radius 2 is 2.00 bits per heavy atom. The molecule has 1 saturated carbocycles. The van der Waals surface area contributed by atoms with Gasteiger partial charge >= 0.3 is 0 Å². The molecule has 1 fully saturated rings. The highest BCUT2D eigenvalue weighted by molar-refractivity contribution is 7.89. The number of anilines is 2. The predicted molar refractivity (Wildman–Crippen MR) is 79.0 cm³/mol. The lowest BCUT2D eigenvalue weighted by Crippen LogP contribution is -2.37. The lowest BCUT2D eigenvalue weighted by Gasteiger charge is -2.35. The number of rotatable bonds is 4. The number of aliphatic hydroxyl groups is 1. The van der Waals surface area contributed by atoms with E-state index in [9.17, 15) is 13.5 Å². The zero-order chi connectivity index (χ0) is 15.1. The number of nitrogens with zero attached hydrogens (tertiary/aromatic N) is 1. The third kappa shape index (κ3) is 3.05. The van der Waals surface area contributed by atoms with Crippen molar-refractivity contribution in [1.29, 1.82) is 0 Å². The van der Waals surface area contributed by atoms with Gasteiger partial charge in [0.25, 0.3) is 0 Å². The zero-order valence-electron chi connectivity index (χ0n) is 11.7. The largest absolute Gasteiger partial charge is 0.399 e. The lowest BCUT2D eigenvalue weighted by atomic mass is 9.82. The van der Waals surface area contributed by atoms with Crippen LogP contribution in [-0.4, -0.2) is 33.2 Å². The molecule has 2 rings (SSSR count). The van der Waals surface area contributed by atoms with Crippen LogP contribution in [0.4, 0.5) is 11.4 Å². The van der Waals surface area contributed by atoms with Crippen LogP contribution < -0.4 is 15.8 Å². The Hall–Kier alpha value is -1.31. The van der Waals surface area contributed by atoms with Gasteiger partial charge < -0.3 is 15.7 Å². The number of primary sulfonamides is 1. The van der Waals surface area contributed by atoms with Crippen molar-refractivity contribution in [3.63, 3.8) is 0 Å². The summed E-state index contributed by atoms with van der Waals surface area (Å²) in [5.74, 6) is 0.425. The lowest BCUT2D eigenvalue weighted by molar-refractivity contribution is 0.0465. The normalized spacial score (nSPS) is 22.4. The van der Waals surface area contributed by atoms with Gasteiger partial charge in [-0.05, 0) is 43.4 Å². The second-order valence-corrected chi connectivity index (χ2v) is 7.11. The summed E-state index contributed by atoms with van der Waals surface area (Å²) in [6.45, 7) is 2.48. The van der Waals surface area contributed by atoms with E-state index >= 15 is 0 Å². The summed E-state index contributed by atoms with van der Waals surface area (Å²) in [5.41, 5.74) is 7.51. The number of nitrogen functional groups attached to an aromatic ring is 1. The van der Waals surface area contributed by atoms with Gasteiger partial charge in [-0.3, -0.25) is 0 Å². The van der Waals surface area contributed by atoms with Crippen LogP contribution in [0.25, 0.3) is 0 Å². The van der Waals surface area contributed by atoms with Gasteiger partial charge in [-0.25, -0.2) is 13.6 Å². The molecule has 1 aromatic carbocycles. The Morgan fingerprint density at radius 1 is 1.40 bits per heavy atom. The molecule has 1 aromatic rings. The third-order valence-corrected chi connectivity index (χ3v) is 4.85. The second kappa shape index (κ2) is 5.23. The van der Waals surface area contributed by atoms with Crippen LogP contribution in [0.1, 0.15) is 18.4 Å². The first-order chi connectivity index (χ1) is 9.18. The molecular weight excluding hydrogens is 278 g/mol. The van der Waals surface area contributed by atoms with E-state index in [1.54, 1.807) is 13.0 Å². The van der Waals surface area contributed by atoms with Crippen LogP contribution in [0.15, 0.2) is 17.0 Å². The van der Waals surface area contributed by atoms with Gasteiger partial charge in [-0.1, -0.05) is 0 Å². The van der Waals surface area contributed by atoms with E-state index in [0.717, 1.165) is 25.1 Å². The first kappa shape index (κ1) is 15.1. The van der Waals surface area contributed by atoms with Crippen LogP contribution in [0.3, 0.4) is 0 Å². The molecule has 0 amide bonds. The molecule has 1 aliphatic carbocycles. The highest BCUT2D eigenvalue weighted by Gasteiger charge is 2.28. The van der Waals surface area contributed by atoms with E-state index in [4.69, 9.17) is 10.9 Å². The molecular formula is C13H21N3O3S. The molecule has 0 bridgehead atoms. The maximum Gasteiger partial charge on any atom is 0.238 e. The number of hydrogen-bond donors (Lipinski definition) is 3. The Kier molecular flexibility index (Phi) is 3.95. The van der Waals surface area contributed by atoms with E-state index in [2.05, 4.69) is 0 Å². The van der Waals surface area contributed by atoms with Gasteiger partial charge in [0.2, 0.25) is 10.0 Å². The molecule has 5 N–H and O–H groups in total. The van der Waals surface area contributed by atoms with Gasteiger partial charge in [0.15, 0.2) is 0 Å². The first-order valence-corrected chi connectivity index (χ1v) is 8.05. The molecule has 0 aliphatic heterocycles. The van der Waals surface area contributed by atoms with Gasteiger partial charge in [0.1, 0.15) is 0 Å². The van der Waals surface area contributed by atoms with Gasteiger partial charge in [0, 0.05) is 25.0 Å². The molecule has 0 unspecified atom stereocenters. The summed E-state index contributed by atoms with van der Waals surface area (Å²) in [6, 6.07) is 3.13. The summed E-state index contributed by atoms with van der Waals surface area (Å²) in [7, 11) is -1.90. The minimum atomic E-state index is -3.79. The zero-order valence-corrected chi connectivity index (χ0v) is 12.5. The van der Waals surface area contributed by atoms with Crippen molar-refractivity contribution in [3.8, 4) is 0 Å². The van der Waals surface area contributed by atoms with Crippen molar-refractivity contribution in [3.05, 3.63) is 17.7 Å². The Balaban J connectivity index is 2.29. The monoisotopic (exact) mass is 299 g/mol. The predicted octanol–water partition coefficient (Wildman–Crippen LogP) is 0.432. The highest BCUT2D eigenvalue weighted by atomic mass is 32.2. The molecule has 112 valence electrons. The number of sulfonamides is 1. The SMILES string of the molecule is Cc1c(N(C)CC2CC(O)C2)cc(N)cc1S(N)(=O)=O. The van der Waals surface area contributed by atoms with Crippen molar-refractivity contribution < 1.29 is 13.5 Å². The minimum Gasteiger partial charge on any atom is -0.399 e. The van der Waals surface area contributed by atoms with Gasteiger partial charge in [-0.15, -0.1) is 0 Å². The molecule has 0 heterocycles. The van der Waals surface area contributed by atoms with Crippen LogP contribution in [0.5, 0.6) is 0 Å². The average Bonchev–Trinajstić information content (AvgIpc) is 2.28. The second-order valence-electron chi connectivity index (χ2n) is 5.58. The molecule has 0 aromatic heterocycles. The molecule has 7 heteroatoms. The fourth-order valence-electron chi connectivity index (χ4n) is 2.72. The number of hydrogen-bond acceptors (Lipinski definition) is 5. The Bertz CT molecular complexity index is 610. The minimum absolute atomic E-state index is 0.0630. The maximum absolute atomic E-state index is 11.6. The van der Waals surface area contributed by atoms with E-state index in [0.29, 0.717) is 17.2 Å². The van der Waals surface area contributed by atoms with Crippen LogP contribution in [-0.2, 0) is 10.0 Å². The number of benzene rings is 1. The smallest absolute Gasteiger partial charge is 0.238 e. The standard InChI is InChI=1S/C13H21N3O3S/c1-8-12(16(2)7-9-3-11(17)4-9)5-10(14)6-13(8)20(15,18)19/h5-6,9,11,17H,3-4,7,14H2,1-2H3,(H2,15,18,19). The van der Waals surface area contributed by atoms with Gasteiger partial charge in [-0.2, -0.15) is 0 Å². The van der Waals surface area contributed by atoms with E-state index in [-0.39, 0.29) is 11.0 Å². The van der Waals surface area contributed by atoms with E-state index in [1.807, 2.05) is 11.9 Å². The molecule has 1 aliphatic rings. The van der Waals surface area contributed by atoms with E-state index in [1.165, 1.54) is 6.07 Å². The topological polar surface area (TPSA) is 110 Å². The van der Waals surface area contributed by atoms with Crippen LogP contribution in [0, 0.1) is 12.8 Å². The summed E-state index contributed by atoms with van der Waals surface area (Å²) in [5, 5.41) is 14.5. The third-order valence-electron chi connectivity index (χ3n) is 3.82. The maximum atomic E-state index is 11.6. The van der Waals surface area contributed by atoms with Crippen molar-refractivity contribution in [2.45, 2.75) is 30.8 Å². The Labute approximate surface area is 119 Å². The van der Waals surface area contributed by atoms with Crippen molar-refractivity contribution in [2.75, 3.05) is 24.2 Å². The molecule has 6 nitrogen and oxygen atoms in total. The first-order valence-electron chi connectivity index (χ1n) is 6.50. The van der Waals surface area contributed by atoms with Gasteiger partial charge in [0.05, 0.1) is 11.0 Å². The Morgan fingerprint density at radius 3 is 2.50 bits per heavy atom. The number of aliphatic hydroxyl groups excluding tert-OH is 1. The summed E-state index contributed by atoms with van der Waals surface area (Å²) in [6.07, 6.45) is 1.37. The molecule has 0 atom stereocenters. The van der Waals surface area contributed by atoms with Crippen molar-refractivity contribution >= 4 is 21.4 Å². The molecule has 0 saturated heterocycles. The fraction of sp³-hybridized carbons (Fsp3) is 0.538. The molecule has 0 radical (unpaired) electrons. The summed E-state index contributed by atoms with van der Waals surface area (Å²) >= 11 is 0. The highest BCUT2D eigenvalue weighted by Crippen LogP contribution is 2.32. The van der Waals surface area contributed by atoms with Crippen molar-refractivity contribution in [1.82, 2.24) is 0 Å². The summed E-state index contributed by atoms with van der Waals surface area (Å²) < 4.78 is 23.2. The average molecular weight is 299 g/mol. The van der Waals surface area contributed by atoms with Crippen LogP contribution in [0.2, 0.25) is 0 Å². The summed E-state index contributed by atoms with van der Waals surface area (Å²) in [4.78, 5) is 2.03. The van der Waals surface area contributed by atoms with Crippen molar-refractivity contribution in [2.24, 2.45) is 11.1 Å². The quantitative estimate of drug-likeness (QED) is 0.698. The molecule has 0 spiro atoms. The van der Waals surface area contributed by atoms with Crippen LogP contribution >= 0.6 is 0 Å². The number of nitrogens with two attached hydrogens (primary N) is 2.